The van der Waals surface area contributed by atoms with Crippen molar-refractivity contribution in [2.75, 3.05) is 9.80 Å². The first-order valence-corrected chi connectivity index (χ1v) is 27.4. The van der Waals surface area contributed by atoms with Crippen LogP contribution in [0.5, 0.6) is 0 Å². The number of benzene rings is 8. The molecular formula is C53H52N2Si2. The van der Waals surface area contributed by atoms with E-state index in [1.807, 2.05) is 0 Å². The number of hydrogen-bond donors (Lipinski definition) is 0. The van der Waals surface area contributed by atoms with Crippen LogP contribution < -0.4 is 9.80 Å². The van der Waals surface area contributed by atoms with Gasteiger partial charge in [0.1, 0.15) is 0 Å². The highest BCUT2D eigenvalue weighted by molar-refractivity contribution is 6.99. The number of rotatable bonds is 8. The molecule has 0 N–H and O–H groups in total. The summed E-state index contributed by atoms with van der Waals surface area (Å²) in [5, 5.41) is 5.19. The second-order valence-corrected chi connectivity index (χ2v) is 29.1. The maximum absolute atomic E-state index is 2.63. The topological polar surface area (TPSA) is 6.48 Å². The molecule has 0 saturated heterocycles. The molecule has 8 aromatic rings. The molecule has 1 aliphatic rings. The Balaban J connectivity index is 1.35. The van der Waals surface area contributed by atoms with Crippen molar-refractivity contribution in [3.63, 3.8) is 0 Å². The van der Waals surface area contributed by atoms with Gasteiger partial charge in [-0.3, -0.25) is 0 Å². The van der Waals surface area contributed by atoms with Crippen LogP contribution in [0.3, 0.4) is 0 Å². The van der Waals surface area contributed by atoms with Crippen LogP contribution in [0, 0.1) is 13.8 Å². The van der Waals surface area contributed by atoms with Gasteiger partial charge >= 0.3 is 0 Å². The van der Waals surface area contributed by atoms with Crippen molar-refractivity contribution < 1.29 is 0 Å². The SMILES string of the molecule is Cc1cccc(N(c2ccccc2)c2ccc3cc4c(cc3c2)C([Si](C)(C)C)([Si](C)(C)C)c2cc(N(c3ccccc3)c3cccc(C)c3)c3ccccc3c2-4)c1. The predicted molar refractivity (Wildman–Crippen MR) is 253 cm³/mol. The molecule has 282 valence electrons. The molecule has 0 bridgehead atoms. The van der Waals surface area contributed by atoms with Gasteiger partial charge in [-0.05, 0) is 136 Å². The molecule has 0 radical (unpaired) electrons. The lowest BCUT2D eigenvalue weighted by atomic mass is 9.94. The van der Waals surface area contributed by atoms with Crippen LogP contribution in [0.4, 0.5) is 34.1 Å². The fourth-order valence-corrected chi connectivity index (χ4v) is 23.6. The van der Waals surface area contributed by atoms with Crippen LogP contribution in [-0.2, 0) is 4.66 Å². The van der Waals surface area contributed by atoms with E-state index in [0.717, 1.165) is 5.69 Å². The van der Waals surface area contributed by atoms with E-state index in [-0.39, 0.29) is 4.66 Å². The van der Waals surface area contributed by atoms with E-state index < -0.39 is 16.1 Å². The molecule has 0 unspecified atom stereocenters. The summed E-state index contributed by atoms with van der Waals surface area (Å²) in [6.07, 6.45) is 0. The molecule has 4 heteroatoms. The Morgan fingerprint density at radius 2 is 0.895 bits per heavy atom. The highest BCUT2D eigenvalue weighted by Gasteiger charge is 2.59. The third-order valence-electron chi connectivity index (χ3n) is 12.4. The first-order valence-electron chi connectivity index (χ1n) is 20.4. The Labute approximate surface area is 341 Å². The van der Waals surface area contributed by atoms with Gasteiger partial charge < -0.3 is 9.80 Å². The zero-order chi connectivity index (χ0) is 39.7. The maximum Gasteiger partial charge on any atom is 0.0579 e. The summed E-state index contributed by atoms with van der Waals surface area (Å²) in [6, 6.07) is 63.7. The van der Waals surface area contributed by atoms with Gasteiger partial charge in [0.15, 0.2) is 0 Å². The molecule has 2 nitrogen and oxygen atoms in total. The van der Waals surface area contributed by atoms with Gasteiger partial charge in [0.25, 0.3) is 0 Å². The lowest BCUT2D eigenvalue weighted by molar-refractivity contribution is 0.954. The molecule has 0 aromatic heterocycles. The lowest BCUT2D eigenvalue weighted by Gasteiger charge is -2.51. The summed E-state index contributed by atoms with van der Waals surface area (Å²) in [5.41, 5.74) is 15.5. The van der Waals surface area contributed by atoms with Crippen LogP contribution in [0.2, 0.25) is 39.3 Å². The number of para-hydroxylation sites is 2. The van der Waals surface area contributed by atoms with Crippen molar-refractivity contribution in [3.8, 4) is 11.1 Å². The number of nitrogens with zero attached hydrogens (tertiary/aromatic N) is 2. The molecule has 0 aliphatic heterocycles. The maximum atomic E-state index is 2.63. The van der Waals surface area contributed by atoms with Crippen LogP contribution >= 0.6 is 0 Å². The fraction of sp³-hybridized carbons (Fsp3) is 0.170. The number of aryl methyl sites for hydroxylation is 2. The van der Waals surface area contributed by atoms with Gasteiger partial charge in [0.05, 0.1) is 21.8 Å². The van der Waals surface area contributed by atoms with Gasteiger partial charge in [0, 0.05) is 38.5 Å². The number of fused-ring (bicyclic) bond motifs is 6. The van der Waals surface area contributed by atoms with Crippen LogP contribution in [-0.4, -0.2) is 16.1 Å². The van der Waals surface area contributed by atoms with E-state index in [1.165, 1.54) is 83.4 Å². The monoisotopic (exact) mass is 772 g/mol. The molecule has 57 heavy (non-hydrogen) atoms. The zero-order valence-corrected chi connectivity index (χ0v) is 36.6. The second-order valence-electron chi connectivity index (χ2n) is 18.1. The first kappa shape index (κ1) is 36.9. The fourth-order valence-electron chi connectivity index (χ4n) is 10.5. The molecule has 8 aromatic carbocycles. The Kier molecular flexibility index (Phi) is 8.91. The smallest absolute Gasteiger partial charge is 0.0579 e. The zero-order valence-electron chi connectivity index (χ0n) is 34.6. The number of anilines is 6. The van der Waals surface area contributed by atoms with E-state index in [1.54, 1.807) is 0 Å². The average Bonchev–Trinajstić information content (AvgIpc) is 3.49. The van der Waals surface area contributed by atoms with Gasteiger partial charge in [-0.1, -0.05) is 136 Å². The normalized spacial score (nSPS) is 13.4. The van der Waals surface area contributed by atoms with Crippen molar-refractivity contribution in [2.24, 2.45) is 0 Å². The summed E-state index contributed by atoms with van der Waals surface area (Å²) in [4.78, 5) is 4.91. The first-order chi connectivity index (χ1) is 27.4. The average molecular weight is 773 g/mol. The van der Waals surface area contributed by atoms with Gasteiger partial charge in [-0.25, -0.2) is 0 Å². The summed E-state index contributed by atoms with van der Waals surface area (Å²) >= 11 is 0. The minimum absolute atomic E-state index is 0.0573. The minimum atomic E-state index is -2.03. The van der Waals surface area contributed by atoms with Crippen molar-refractivity contribution >= 4 is 71.8 Å². The van der Waals surface area contributed by atoms with Crippen LogP contribution in [0.15, 0.2) is 170 Å². The summed E-state index contributed by atoms with van der Waals surface area (Å²) in [7, 11) is -4.05. The molecule has 9 rings (SSSR count). The highest BCUT2D eigenvalue weighted by Crippen LogP contribution is 2.61. The Hall–Kier alpha value is -5.69. The summed E-state index contributed by atoms with van der Waals surface area (Å²) < 4.78 is -0.0573. The molecule has 0 heterocycles. The van der Waals surface area contributed by atoms with E-state index in [4.69, 9.17) is 0 Å². The second kappa shape index (κ2) is 13.8. The van der Waals surface area contributed by atoms with Crippen LogP contribution in [0.25, 0.3) is 32.7 Å². The predicted octanol–water partition coefficient (Wildman–Crippen LogP) is 15.6. The van der Waals surface area contributed by atoms with Crippen molar-refractivity contribution in [2.45, 2.75) is 57.8 Å². The lowest BCUT2D eigenvalue weighted by Crippen LogP contribution is -2.63. The molecule has 1 aliphatic carbocycles. The Bertz CT molecular complexity index is 2780. The Morgan fingerprint density at radius 1 is 0.386 bits per heavy atom. The molecule has 0 atom stereocenters. The molecular weight excluding hydrogens is 721 g/mol. The molecule has 0 amide bonds. The third kappa shape index (κ3) is 5.97. The third-order valence-corrected chi connectivity index (χ3v) is 22.4. The quantitative estimate of drug-likeness (QED) is 0.142. The molecule has 0 spiro atoms. The van der Waals surface area contributed by atoms with Gasteiger partial charge in [-0.2, -0.15) is 0 Å². The van der Waals surface area contributed by atoms with E-state index in [9.17, 15) is 0 Å². The standard InChI is InChI=1S/C53H52N2Si2/c1-37-19-17-25-43(31-37)54(41-21-11-9-12-22-41)45-30-29-39-34-48-49(35-40(39)33-45)53(56(3,4)5,57(6,7)8)50-36-51(46-27-15-16-28-47(46)52(48)50)55(42-23-13-10-14-24-42)44-26-18-20-38(2)32-44/h9-36H,1-8H3. The van der Waals surface area contributed by atoms with Gasteiger partial charge in [0.2, 0.25) is 0 Å². The van der Waals surface area contributed by atoms with Crippen molar-refractivity contribution in [1.82, 2.24) is 0 Å². The van der Waals surface area contributed by atoms with Crippen molar-refractivity contribution in [3.05, 3.63) is 192 Å². The number of hydrogen-bond acceptors (Lipinski definition) is 2. The molecule has 0 saturated carbocycles. The largest absolute Gasteiger partial charge is 0.310 e. The van der Waals surface area contributed by atoms with Gasteiger partial charge in [-0.15, -0.1) is 0 Å². The van der Waals surface area contributed by atoms with E-state index >= 15 is 0 Å². The van der Waals surface area contributed by atoms with Crippen LogP contribution in [0.1, 0.15) is 22.3 Å². The van der Waals surface area contributed by atoms with E-state index in [2.05, 4.69) is 233 Å². The molecule has 0 fully saturated rings. The Morgan fingerprint density at radius 3 is 1.47 bits per heavy atom. The van der Waals surface area contributed by atoms with E-state index in [0.29, 0.717) is 0 Å². The highest BCUT2D eigenvalue weighted by atomic mass is 28.4. The summed E-state index contributed by atoms with van der Waals surface area (Å²) in [6.45, 7) is 20.1. The minimum Gasteiger partial charge on any atom is -0.310 e. The van der Waals surface area contributed by atoms with Crippen molar-refractivity contribution in [1.29, 1.82) is 0 Å². The summed E-state index contributed by atoms with van der Waals surface area (Å²) in [5.74, 6) is 0.